The fraction of sp³-hybridized carbons (Fsp3) is 0.355. The Morgan fingerprint density at radius 1 is 0.930 bits per heavy atom. The number of ether oxygens (including phenoxy) is 1. The molecule has 0 saturated carbocycles. The molecule has 2 amide bonds. The van der Waals surface area contributed by atoms with Gasteiger partial charge in [0.1, 0.15) is 18.3 Å². The number of benzene rings is 3. The van der Waals surface area contributed by atoms with Crippen LogP contribution in [0.1, 0.15) is 46.6 Å². The first-order chi connectivity index (χ1) is 20.2. The molecular weight excluding hydrogens is 633 g/mol. The lowest BCUT2D eigenvalue weighted by atomic mass is 10.1. The van der Waals surface area contributed by atoms with E-state index < -0.39 is 34.1 Å². The first-order valence-electron chi connectivity index (χ1n) is 13.7. The molecule has 8 nitrogen and oxygen atoms in total. The summed E-state index contributed by atoms with van der Waals surface area (Å²) >= 11 is 18.6. The van der Waals surface area contributed by atoms with Crippen LogP contribution in [0.4, 0.5) is 5.69 Å². The van der Waals surface area contributed by atoms with E-state index in [1.165, 1.54) is 29.2 Å². The molecule has 3 rings (SSSR count). The fourth-order valence-corrected chi connectivity index (χ4v) is 6.41. The fourth-order valence-electron chi connectivity index (χ4n) is 4.39. The smallest absolute Gasteiger partial charge is 0.264 e. The van der Waals surface area contributed by atoms with Crippen LogP contribution in [0.2, 0.25) is 15.1 Å². The van der Waals surface area contributed by atoms with Crippen molar-refractivity contribution in [1.29, 1.82) is 0 Å². The molecule has 0 radical (unpaired) electrons. The summed E-state index contributed by atoms with van der Waals surface area (Å²) in [6.07, 6.45) is 0.262. The summed E-state index contributed by atoms with van der Waals surface area (Å²) in [6.45, 7) is 8.65. The van der Waals surface area contributed by atoms with Crippen LogP contribution in [0.25, 0.3) is 0 Å². The molecule has 232 valence electrons. The van der Waals surface area contributed by atoms with Gasteiger partial charge in [0.05, 0.1) is 17.2 Å². The lowest BCUT2D eigenvalue weighted by Crippen LogP contribution is -2.55. The number of carbonyl (C=O) groups is 2. The number of hydrogen-bond donors (Lipinski definition) is 1. The Hall–Kier alpha value is -2.98. The van der Waals surface area contributed by atoms with Gasteiger partial charge in [-0.3, -0.25) is 13.9 Å². The SMILES string of the molecule is CCOc1ccccc1N(CC(=O)N(Cc1ccc(Cl)cc1Cl)C(CC)C(=O)NC(C)(C)C)S(=O)(=O)c1ccc(Cl)cc1. The summed E-state index contributed by atoms with van der Waals surface area (Å²) < 4.78 is 35.0. The number of rotatable bonds is 12. The van der Waals surface area contributed by atoms with E-state index in [2.05, 4.69) is 5.32 Å². The molecule has 3 aromatic carbocycles. The van der Waals surface area contributed by atoms with Crippen LogP contribution in [-0.4, -0.2) is 49.9 Å². The van der Waals surface area contributed by atoms with Crippen molar-refractivity contribution in [1.82, 2.24) is 10.2 Å². The number of halogens is 3. The number of amides is 2. The Morgan fingerprint density at radius 3 is 2.14 bits per heavy atom. The largest absolute Gasteiger partial charge is 0.492 e. The normalized spacial score (nSPS) is 12.4. The van der Waals surface area contributed by atoms with E-state index >= 15 is 0 Å². The van der Waals surface area contributed by atoms with Crippen molar-refractivity contribution in [3.05, 3.63) is 87.4 Å². The van der Waals surface area contributed by atoms with Crippen LogP contribution in [0, 0.1) is 0 Å². The Bertz CT molecular complexity index is 1540. The van der Waals surface area contributed by atoms with Gasteiger partial charge < -0.3 is 15.0 Å². The topological polar surface area (TPSA) is 96.0 Å². The molecular formula is C31H36Cl3N3O5S. The molecule has 0 fully saturated rings. The van der Waals surface area contributed by atoms with E-state index in [1.54, 1.807) is 56.3 Å². The van der Waals surface area contributed by atoms with Crippen molar-refractivity contribution in [2.24, 2.45) is 0 Å². The summed E-state index contributed by atoms with van der Waals surface area (Å²) in [6, 6.07) is 16.1. The zero-order valence-corrected chi connectivity index (χ0v) is 27.8. The van der Waals surface area contributed by atoms with Crippen LogP contribution in [-0.2, 0) is 26.2 Å². The molecule has 3 aromatic rings. The molecule has 43 heavy (non-hydrogen) atoms. The summed E-state index contributed by atoms with van der Waals surface area (Å²) in [5, 5.41) is 4.02. The van der Waals surface area contributed by atoms with Crippen molar-refractivity contribution in [3.8, 4) is 5.75 Å². The lowest BCUT2D eigenvalue weighted by molar-refractivity contribution is -0.141. The molecule has 1 atom stereocenters. The monoisotopic (exact) mass is 667 g/mol. The zero-order chi connectivity index (χ0) is 31.9. The molecule has 1 N–H and O–H groups in total. The second-order valence-corrected chi connectivity index (χ2v) is 13.9. The number of sulfonamides is 1. The third-order valence-corrected chi connectivity index (χ3v) is 8.97. The van der Waals surface area contributed by atoms with E-state index in [9.17, 15) is 18.0 Å². The summed E-state index contributed by atoms with van der Waals surface area (Å²) in [7, 11) is -4.31. The van der Waals surface area contributed by atoms with E-state index in [0.29, 0.717) is 20.6 Å². The lowest BCUT2D eigenvalue weighted by Gasteiger charge is -2.35. The van der Waals surface area contributed by atoms with Gasteiger partial charge in [-0.15, -0.1) is 0 Å². The first-order valence-corrected chi connectivity index (χ1v) is 16.3. The maximum Gasteiger partial charge on any atom is 0.264 e. The van der Waals surface area contributed by atoms with Gasteiger partial charge >= 0.3 is 0 Å². The van der Waals surface area contributed by atoms with Gasteiger partial charge in [0.2, 0.25) is 11.8 Å². The van der Waals surface area contributed by atoms with Gasteiger partial charge in [0, 0.05) is 27.2 Å². The second-order valence-electron chi connectivity index (χ2n) is 10.8. The summed E-state index contributed by atoms with van der Waals surface area (Å²) in [5.41, 5.74) is 0.143. The van der Waals surface area contributed by atoms with E-state index in [1.807, 2.05) is 20.8 Å². The number of carbonyl (C=O) groups excluding carboxylic acids is 2. The van der Waals surface area contributed by atoms with Crippen LogP contribution < -0.4 is 14.4 Å². The van der Waals surface area contributed by atoms with Crippen LogP contribution in [0.15, 0.2) is 71.6 Å². The average Bonchev–Trinajstić information content (AvgIpc) is 2.92. The van der Waals surface area contributed by atoms with Gasteiger partial charge in [0.25, 0.3) is 10.0 Å². The molecule has 12 heteroatoms. The first kappa shape index (κ1) is 34.5. The van der Waals surface area contributed by atoms with Gasteiger partial charge in [-0.25, -0.2) is 8.42 Å². The Balaban J connectivity index is 2.15. The summed E-state index contributed by atoms with van der Waals surface area (Å²) in [4.78, 5) is 29.1. The van der Waals surface area contributed by atoms with Crippen molar-refractivity contribution < 1.29 is 22.7 Å². The van der Waals surface area contributed by atoms with E-state index in [-0.39, 0.29) is 41.8 Å². The maximum atomic E-state index is 14.3. The van der Waals surface area contributed by atoms with E-state index in [4.69, 9.17) is 39.5 Å². The second kappa shape index (κ2) is 14.7. The minimum Gasteiger partial charge on any atom is -0.492 e. The standard InChI is InChI=1S/C31H36Cl3N3O5S/c1-6-26(30(39)35-31(3,4)5)36(19-21-12-13-23(33)18-25(21)34)29(38)20-37(27-10-8-9-11-28(27)42-7-2)43(40,41)24-16-14-22(32)15-17-24/h8-18,26H,6-7,19-20H2,1-5H3,(H,35,39). The predicted molar refractivity (Wildman–Crippen MR) is 173 cm³/mol. The van der Waals surface area contributed by atoms with Crippen molar-refractivity contribution in [2.45, 2.75) is 64.1 Å². The number of nitrogens with zero attached hydrogens (tertiary/aromatic N) is 2. The molecule has 1 unspecified atom stereocenters. The number of para-hydroxylation sites is 2. The third kappa shape index (κ3) is 9.01. The van der Waals surface area contributed by atoms with Crippen LogP contribution in [0.5, 0.6) is 5.75 Å². The zero-order valence-electron chi connectivity index (χ0n) is 24.7. The minimum atomic E-state index is -4.31. The third-order valence-electron chi connectivity index (χ3n) is 6.35. The molecule has 0 spiro atoms. The molecule has 0 heterocycles. The van der Waals surface area contributed by atoms with Crippen molar-refractivity contribution in [2.75, 3.05) is 17.5 Å². The van der Waals surface area contributed by atoms with Gasteiger partial charge in [-0.1, -0.05) is 59.9 Å². The minimum absolute atomic E-state index is 0.0627. The average molecular weight is 669 g/mol. The molecule has 0 bridgehead atoms. The van der Waals surface area contributed by atoms with Gasteiger partial charge in [-0.2, -0.15) is 0 Å². The van der Waals surface area contributed by atoms with E-state index in [0.717, 1.165) is 4.31 Å². The highest BCUT2D eigenvalue weighted by Gasteiger charge is 2.35. The molecule has 0 aliphatic rings. The highest BCUT2D eigenvalue weighted by molar-refractivity contribution is 7.92. The maximum absolute atomic E-state index is 14.3. The Morgan fingerprint density at radius 2 is 1.56 bits per heavy atom. The van der Waals surface area contributed by atoms with Gasteiger partial charge in [0.15, 0.2) is 0 Å². The molecule has 0 aromatic heterocycles. The van der Waals surface area contributed by atoms with Crippen molar-refractivity contribution >= 4 is 62.3 Å². The number of nitrogens with one attached hydrogen (secondary N) is 1. The Kier molecular flexibility index (Phi) is 11.8. The molecule has 0 aliphatic carbocycles. The van der Waals surface area contributed by atoms with Crippen molar-refractivity contribution in [3.63, 3.8) is 0 Å². The quantitative estimate of drug-likeness (QED) is 0.225. The Labute approximate surface area is 268 Å². The van der Waals surface area contributed by atoms with Crippen LogP contribution in [0.3, 0.4) is 0 Å². The molecule has 0 aliphatic heterocycles. The van der Waals surface area contributed by atoms with Crippen LogP contribution >= 0.6 is 34.8 Å². The predicted octanol–water partition coefficient (Wildman–Crippen LogP) is 6.96. The highest BCUT2D eigenvalue weighted by atomic mass is 35.5. The van der Waals surface area contributed by atoms with Gasteiger partial charge in [-0.05, 0) is 88.2 Å². The number of anilines is 1. The highest BCUT2D eigenvalue weighted by Crippen LogP contribution is 2.33. The summed E-state index contributed by atoms with van der Waals surface area (Å²) in [5.74, 6) is -0.721. The number of hydrogen-bond acceptors (Lipinski definition) is 5. The molecule has 0 saturated heterocycles.